The van der Waals surface area contributed by atoms with E-state index in [-0.39, 0.29) is 5.91 Å². The Morgan fingerprint density at radius 3 is 2.95 bits per heavy atom. The maximum Gasteiger partial charge on any atom is 0.271 e. The molecule has 0 unspecified atom stereocenters. The molecule has 5 nitrogen and oxygen atoms in total. The molecule has 2 N–H and O–H groups in total. The molecule has 0 saturated heterocycles. The standard InChI is InChI=1S/C14H15N3O2/c18-14-13-11(7-4-8-15-14)16-12(17-13)9-19-10-5-2-1-3-6-10/h1-3,5-6H,4,7-9H2,(H,15,18)(H,16,17). The third kappa shape index (κ3) is 2.59. The van der Waals surface area contributed by atoms with Gasteiger partial charge in [-0.25, -0.2) is 4.98 Å². The van der Waals surface area contributed by atoms with Crippen LogP contribution in [0.15, 0.2) is 30.3 Å². The van der Waals surface area contributed by atoms with Gasteiger partial charge in [0.25, 0.3) is 5.91 Å². The van der Waals surface area contributed by atoms with Gasteiger partial charge in [-0.15, -0.1) is 0 Å². The number of aromatic amines is 1. The van der Waals surface area contributed by atoms with Gasteiger partial charge >= 0.3 is 0 Å². The van der Waals surface area contributed by atoms with Gasteiger partial charge in [0, 0.05) is 12.2 Å². The van der Waals surface area contributed by atoms with Crippen molar-refractivity contribution >= 4 is 5.91 Å². The van der Waals surface area contributed by atoms with E-state index in [4.69, 9.17) is 4.74 Å². The molecule has 1 amide bonds. The topological polar surface area (TPSA) is 67.0 Å². The largest absolute Gasteiger partial charge is 0.486 e. The number of H-pyrrole nitrogens is 1. The van der Waals surface area contributed by atoms with Crippen LogP contribution in [0.4, 0.5) is 0 Å². The van der Waals surface area contributed by atoms with Crippen molar-refractivity contribution in [3.05, 3.63) is 47.5 Å². The summed E-state index contributed by atoms with van der Waals surface area (Å²) in [6.45, 7) is 1.04. The molecule has 98 valence electrons. The number of imidazole rings is 1. The van der Waals surface area contributed by atoms with E-state index in [0.29, 0.717) is 24.7 Å². The van der Waals surface area contributed by atoms with Crippen molar-refractivity contribution in [2.24, 2.45) is 0 Å². The van der Waals surface area contributed by atoms with E-state index in [0.717, 1.165) is 24.3 Å². The van der Waals surface area contributed by atoms with E-state index < -0.39 is 0 Å². The lowest BCUT2D eigenvalue weighted by atomic mass is 10.2. The van der Waals surface area contributed by atoms with Crippen molar-refractivity contribution in [1.29, 1.82) is 0 Å². The smallest absolute Gasteiger partial charge is 0.271 e. The number of nitrogens with one attached hydrogen (secondary N) is 2. The van der Waals surface area contributed by atoms with Gasteiger partial charge in [0.15, 0.2) is 0 Å². The number of nitrogens with zero attached hydrogens (tertiary/aromatic N) is 1. The van der Waals surface area contributed by atoms with Crippen LogP contribution in [-0.4, -0.2) is 22.4 Å². The molecular weight excluding hydrogens is 242 g/mol. The highest BCUT2D eigenvalue weighted by Crippen LogP contribution is 2.14. The van der Waals surface area contributed by atoms with Gasteiger partial charge in [0.05, 0.1) is 0 Å². The van der Waals surface area contributed by atoms with Gasteiger partial charge in [-0.3, -0.25) is 4.79 Å². The monoisotopic (exact) mass is 257 g/mol. The van der Waals surface area contributed by atoms with E-state index >= 15 is 0 Å². The van der Waals surface area contributed by atoms with Crippen LogP contribution < -0.4 is 10.1 Å². The van der Waals surface area contributed by atoms with Crippen LogP contribution in [0.5, 0.6) is 5.75 Å². The summed E-state index contributed by atoms with van der Waals surface area (Å²) in [4.78, 5) is 19.3. The third-order valence-corrected chi connectivity index (χ3v) is 3.05. The minimum atomic E-state index is -0.102. The zero-order valence-corrected chi connectivity index (χ0v) is 10.5. The highest BCUT2D eigenvalue weighted by Gasteiger charge is 2.19. The summed E-state index contributed by atoms with van der Waals surface area (Å²) in [6, 6.07) is 9.55. The molecule has 1 aromatic carbocycles. The molecule has 0 aliphatic carbocycles. The van der Waals surface area contributed by atoms with Crippen molar-refractivity contribution < 1.29 is 9.53 Å². The Hall–Kier alpha value is -2.30. The third-order valence-electron chi connectivity index (χ3n) is 3.05. The fourth-order valence-corrected chi connectivity index (χ4v) is 2.12. The molecule has 19 heavy (non-hydrogen) atoms. The average molecular weight is 257 g/mol. The maximum absolute atomic E-state index is 11.8. The van der Waals surface area contributed by atoms with Crippen LogP contribution in [0.2, 0.25) is 0 Å². The first-order valence-corrected chi connectivity index (χ1v) is 6.37. The lowest BCUT2D eigenvalue weighted by Gasteiger charge is -2.03. The molecule has 1 aliphatic rings. The number of aryl methyl sites for hydroxylation is 1. The number of hydrogen-bond acceptors (Lipinski definition) is 3. The number of fused-ring (bicyclic) bond motifs is 1. The molecule has 0 fully saturated rings. The Bertz CT molecular complexity index is 578. The van der Waals surface area contributed by atoms with Gasteiger partial charge < -0.3 is 15.0 Å². The molecule has 2 aromatic rings. The van der Waals surface area contributed by atoms with Crippen molar-refractivity contribution in [2.75, 3.05) is 6.54 Å². The molecular formula is C14H15N3O2. The van der Waals surface area contributed by atoms with Gasteiger partial charge in [0.1, 0.15) is 23.9 Å². The van der Waals surface area contributed by atoms with E-state index in [2.05, 4.69) is 15.3 Å². The number of ether oxygens (including phenoxy) is 1. The zero-order valence-electron chi connectivity index (χ0n) is 10.5. The summed E-state index contributed by atoms with van der Waals surface area (Å²) in [5, 5.41) is 2.83. The lowest BCUT2D eigenvalue weighted by Crippen LogP contribution is -2.23. The molecule has 0 saturated carbocycles. The highest BCUT2D eigenvalue weighted by atomic mass is 16.5. The number of amides is 1. The van der Waals surface area contributed by atoms with E-state index in [1.807, 2.05) is 30.3 Å². The van der Waals surface area contributed by atoms with Crippen LogP contribution in [0, 0.1) is 0 Å². The van der Waals surface area contributed by atoms with Crippen LogP contribution in [0.25, 0.3) is 0 Å². The molecule has 2 heterocycles. The molecule has 1 aliphatic heterocycles. The molecule has 3 rings (SSSR count). The lowest BCUT2D eigenvalue weighted by molar-refractivity contribution is 0.0951. The van der Waals surface area contributed by atoms with Crippen molar-refractivity contribution in [3.63, 3.8) is 0 Å². The number of aromatic nitrogens is 2. The van der Waals surface area contributed by atoms with E-state index in [9.17, 15) is 4.79 Å². The predicted molar refractivity (Wildman–Crippen MR) is 70.0 cm³/mol. The SMILES string of the molecule is O=C1NCCCc2[nH]c(COc3ccccc3)nc21. The molecule has 0 bridgehead atoms. The van der Waals surface area contributed by atoms with Crippen LogP contribution in [0.3, 0.4) is 0 Å². The van der Waals surface area contributed by atoms with Crippen molar-refractivity contribution in [3.8, 4) is 5.75 Å². The second-order valence-corrected chi connectivity index (χ2v) is 4.47. The molecule has 0 radical (unpaired) electrons. The van der Waals surface area contributed by atoms with Gasteiger partial charge in [0.2, 0.25) is 0 Å². The van der Waals surface area contributed by atoms with Gasteiger partial charge in [-0.2, -0.15) is 0 Å². The van der Waals surface area contributed by atoms with Crippen molar-refractivity contribution in [1.82, 2.24) is 15.3 Å². The first kappa shape index (κ1) is 11.8. The van der Waals surface area contributed by atoms with Crippen LogP contribution in [0.1, 0.15) is 28.4 Å². The quantitative estimate of drug-likeness (QED) is 0.878. The number of carbonyl (C=O) groups is 1. The highest BCUT2D eigenvalue weighted by molar-refractivity contribution is 5.93. The summed E-state index contributed by atoms with van der Waals surface area (Å²) in [7, 11) is 0. The van der Waals surface area contributed by atoms with E-state index in [1.54, 1.807) is 0 Å². The van der Waals surface area contributed by atoms with Crippen molar-refractivity contribution in [2.45, 2.75) is 19.4 Å². The van der Waals surface area contributed by atoms with Gasteiger partial charge in [-0.1, -0.05) is 18.2 Å². The number of benzene rings is 1. The predicted octanol–water partition coefficient (Wildman–Crippen LogP) is 1.66. The molecule has 5 heteroatoms. The average Bonchev–Trinajstić information content (AvgIpc) is 2.78. The first-order valence-electron chi connectivity index (χ1n) is 6.37. The number of rotatable bonds is 3. The minimum absolute atomic E-state index is 0.102. The summed E-state index contributed by atoms with van der Waals surface area (Å²) in [5.74, 6) is 1.37. The summed E-state index contributed by atoms with van der Waals surface area (Å²) in [6.07, 6.45) is 1.77. The fourth-order valence-electron chi connectivity index (χ4n) is 2.12. The molecule has 0 spiro atoms. The second-order valence-electron chi connectivity index (χ2n) is 4.47. The summed E-state index contributed by atoms with van der Waals surface area (Å²) >= 11 is 0. The summed E-state index contributed by atoms with van der Waals surface area (Å²) < 4.78 is 5.61. The Kier molecular flexibility index (Phi) is 3.18. The Morgan fingerprint density at radius 1 is 1.26 bits per heavy atom. The first-order chi connectivity index (χ1) is 9.33. The minimum Gasteiger partial charge on any atom is -0.486 e. The van der Waals surface area contributed by atoms with Gasteiger partial charge in [-0.05, 0) is 25.0 Å². The molecule has 1 aromatic heterocycles. The van der Waals surface area contributed by atoms with Crippen LogP contribution >= 0.6 is 0 Å². The number of hydrogen-bond donors (Lipinski definition) is 2. The molecule has 0 atom stereocenters. The Balaban J connectivity index is 1.73. The Morgan fingerprint density at radius 2 is 2.11 bits per heavy atom. The second kappa shape index (κ2) is 5.14. The fraction of sp³-hybridized carbons (Fsp3) is 0.286. The maximum atomic E-state index is 11.8. The van der Waals surface area contributed by atoms with E-state index in [1.165, 1.54) is 0 Å². The normalized spacial score (nSPS) is 14.4. The van der Waals surface area contributed by atoms with Crippen LogP contribution in [-0.2, 0) is 13.0 Å². The number of para-hydroxylation sites is 1. The Labute approximate surface area is 111 Å². The summed E-state index contributed by atoms with van der Waals surface area (Å²) in [5.41, 5.74) is 1.41. The zero-order chi connectivity index (χ0) is 13.1. The number of carbonyl (C=O) groups excluding carboxylic acids is 1.